The van der Waals surface area contributed by atoms with Crippen molar-refractivity contribution in [2.75, 3.05) is 25.0 Å². The van der Waals surface area contributed by atoms with Gasteiger partial charge in [0.1, 0.15) is 5.01 Å². The second-order valence-corrected chi connectivity index (χ2v) is 9.23. The number of aromatic nitrogens is 2. The number of pyridine rings is 1. The largest absolute Gasteiger partial charge is 0.490 e. The Morgan fingerprint density at radius 1 is 1.08 bits per heavy atom. The van der Waals surface area contributed by atoms with E-state index in [0.29, 0.717) is 6.61 Å². The number of carbonyl (C=O) groups is 3. The molecule has 0 saturated carbocycles. The van der Waals surface area contributed by atoms with Crippen molar-refractivity contribution in [3.05, 3.63) is 41.1 Å². The van der Waals surface area contributed by atoms with Gasteiger partial charge in [0.25, 0.3) is 0 Å². The highest BCUT2D eigenvalue weighted by Gasteiger charge is 2.42. The average Bonchev–Trinajstić information content (AvgIpc) is 3.37. The van der Waals surface area contributed by atoms with Crippen molar-refractivity contribution >= 4 is 34.9 Å². The van der Waals surface area contributed by atoms with Crippen molar-refractivity contribution in [1.29, 1.82) is 0 Å². The number of rotatable bonds is 4. The number of nitrogens with zero attached hydrogens (tertiary/aromatic N) is 3. The number of halogens is 6. The minimum Gasteiger partial charge on any atom is -0.475 e. The first-order chi connectivity index (χ1) is 18.2. The van der Waals surface area contributed by atoms with E-state index >= 15 is 0 Å². The lowest BCUT2D eigenvalue weighted by Gasteiger charge is -2.44. The Bertz CT molecular complexity index is 1050. The molecule has 2 aromatic heterocycles. The van der Waals surface area contributed by atoms with Crippen molar-refractivity contribution in [3.8, 4) is 0 Å². The van der Waals surface area contributed by atoms with Crippen LogP contribution in [0.1, 0.15) is 17.8 Å². The number of thiazole rings is 1. The number of likely N-dealkylation sites (tertiary alicyclic amines) is 1. The summed E-state index contributed by atoms with van der Waals surface area (Å²) in [5.74, 6) is -5.21. The van der Waals surface area contributed by atoms with Crippen LogP contribution >= 0.6 is 11.3 Å². The summed E-state index contributed by atoms with van der Waals surface area (Å²) in [5, 5.41) is 20.4. The van der Waals surface area contributed by atoms with E-state index in [9.17, 15) is 31.1 Å². The van der Waals surface area contributed by atoms with Crippen molar-refractivity contribution < 1.29 is 55.7 Å². The molecule has 4 rings (SSSR count). The number of hydrogen-bond donors (Lipinski definition) is 3. The van der Waals surface area contributed by atoms with E-state index < -0.39 is 24.3 Å². The number of piperidine rings is 1. The zero-order valence-corrected chi connectivity index (χ0v) is 20.8. The number of fused-ring (bicyclic) bond motifs is 1. The zero-order valence-electron chi connectivity index (χ0n) is 20.0. The molecule has 2 saturated heterocycles. The topological polar surface area (TPSA) is 142 Å². The molecule has 0 spiro atoms. The molecular formula is C22H24F6N4O6S. The van der Waals surface area contributed by atoms with Crippen LogP contribution in [0, 0.1) is 11.8 Å². The normalized spacial score (nSPS) is 21.2. The van der Waals surface area contributed by atoms with Gasteiger partial charge in [0.15, 0.2) is 0 Å². The van der Waals surface area contributed by atoms with E-state index in [4.69, 9.17) is 24.5 Å². The summed E-state index contributed by atoms with van der Waals surface area (Å²) in [5.41, 5.74) is 0.756. The van der Waals surface area contributed by atoms with Crippen LogP contribution in [-0.2, 0) is 25.7 Å². The van der Waals surface area contributed by atoms with Crippen molar-refractivity contribution in [3.63, 3.8) is 0 Å². The number of alkyl halides is 6. The van der Waals surface area contributed by atoms with Gasteiger partial charge in [-0.05, 0) is 25.0 Å². The molecule has 0 bridgehead atoms. The average molecular weight is 587 g/mol. The molecule has 2 fully saturated rings. The number of ether oxygens (including phenoxy) is 1. The smallest absolute Gasteiger partial charge is 0.475 e. The van der Waals surface area contributed by atoms with Crippen molar-refractivity contribution in [2.24, 2.45) is 11.8 Å². The maximum atomic E-state index is 12.8. The van der Waals surface area contributed by atoms with Crippen LogP contribution in [0.3, 0.4) is 0 Å². The van der Waals surface area contributed by atoms with Gasteiger partial charge < -0.3 is 20.3 Å². The number of aliphatic carboxylic acids is 2. The third-order valence-corrected chi connectivity index (χ3v) is 6.31. The fourth-order valence-electron chi connectivity index (χ4n) is 3.85. The summed E-state index contributed by atoms with van der Waals surface area (Å²) in [6.07, 6.45) is -2.99. The molecule has 0 aromatic carbocycles. The number of carbonyl (C=O) groups excluding carboxylic acids is 1. The van der Waals surface area contributed by atoms with E-state index in [1.807, 2.05) is 23.7 Å². The highest BCUT2D eigenvalue weighted by molar-refractivity contribution is 7.09. The van der Waals surface area contributed by atoms with Gasteiger partial charge in [0.2, 0.25) is 5.91 Å². The quantitative estimate of drug-likeness (QED) is 0.458. The standard InChI is InChI=1S/C18H22N4O2S.2C2HF3O2/c23-18(21-13-2-1-5-19-10-13)14-4-8-24-16-3-7-22(11-15(14)16)12-17-20-6-9-25-17;2*3-2(4,5)1(6)7/h1-2,5-6,9-10,14-16H,3-4,7-8,11-12H2,(H,21,23);2*(H,6,7)/t14-,15+,16-;;/m1../s1. The predicted octanol–water partition coefficient (Wildman–Crippen LogP) is 3.67. The van der Waals surface area contributed by atoms with Crippen LogP contribution in [0.2, 0.25) is 0 Å². The summed E-state index contributed by atoms with van der Waals surface area (Å²) in [7, 11) is 0. The summed E-state index contributed by atoms with van der Waals surface area (Å²) < 4.78 is 69.4. The third-order valence-electron chi connectivity index (χ3n) is 5.55. The van der Waals surface area contributed by atoms with Crippen LogP contribution in [-0.4, -0.2) is 81.1 Å². The van der Waals surface area contributed by atoms with E-state index in [1.165, 1.54) is 0 Å². The first-order valence-corrected chi connectivity index (χ1v) is 12.1. The predicted molar refractivity (Wildman–Crippen MR) is 124 cm³/mol. The fraction of sp³-hybridized carbons (Fsp3) is 0.500. The molecule has 0 aliphatic carbocycles. The molecule has 39 heavy (non-hydrogen) atoms. The van der Waals surface area contributed by atoms with Gasteiger partial charge >= 0.3 is 24.3 Å². The lowest BCUT2D eigenvalue weighted by molar-refractivity contribution is -0.193. The van der Waals surface area contributed by atoms with E-state index in [0.717, 1.165) is 43.2 Å². The Balaban J connectivity index is 0.000000317. The number of anilines is 1. The van der Waals surface area contributed by atoms with Crippen molar-refractivity contribution in [2.45, 2.75) is 37.8 Å². The summed E-state index contributed by atoms with van der Waals surface area (Å²) in [6.45, 7) is 3.41. The van der Waals surface area contributed by atoms with Crippen LogP contribution in [0.25, 0.3) is 0 Å². The maximum absolute atomic E-state index is 12.8. The highest BCUT2D eigenvalue weighted by Crippen LogP contribution is 2.34. The molecule has 4 heterocycles. The lowest BCUT2D eigenvalue weighted by Crippen LogP contribution is -2.52. The molecule has 216 valence electrons. The molecule has 3 N–H and O–H groups in total. The molecular weight excluding hydrogens is 562 g/mol. The summed E-state index contributed by atoms with van der Waals surface area (Å²) in [6, 6.07) is 3.70. The molecule has 2 aliphatic heterocycles. The van der Waals surface area contributed by atoms with Gasteiger partial charge in [-0.15, -0.1) is 11.3 Å². The minimum absolute atomic E-state index is 0.0157. The van der Waals surface area contributed by atoms with Crippen LogP contribution in [0.4, 0.5) is 32.0 Å². The third kappa shape index (κ3) is 10.8. The summed E-state index contributed by atoms with van der Waals surface area (Å²) >= 11 is 1.68. The monoisotopic (exact) mass is 586 g/mol. The number of amides is 1. The van der Waals surface area contributed by atoms with Gasteiger partial charge in [-0.3, -0.25) is 14.7 Å². The second-order valence-electron chi connectivity index (χ2n) is 8.25. The zero-order chi connectivity index (χ0) is 29.2. The number of hydrogen-bond acceptors (Lipinski definition) is 8. The Morgan fingerprint density at radius 2 is 1.72 bits per heavy atom. The van der Waals surface area contributed by atoms with Crippen LogP contribution in [0.15, 0.2) is 36.1 Å². The molecule has 0 unspecified atom stereocenters. The number of carboxylic acids is 2. The summed E-state index contributed by atoms with van der Waals surface area (Å²) in [4.78, 5) is 41.5. The highest BCUT2D eigenvalue weighted by atomic mass is 32.1. The van der Waals surface area contributed by atoms with E-state index in [1.54, 1.807) is 23.7 Å². The SMILES string of the molecule is O=C(Nc1cccnc1)[C@@H]1CCO[C@@H]2CCN(Cc3nccs3)C[C@H]21.O=C(O)C(F)(F)F.O=C(O)C(F)(F)F. The van der Waals surface area contributed by atoms with Gasteiger partial charge in [0, 0.05) is 49.3 Å². The Labute approximate surface area is 221 Å². The van der Waals surface area contributed by atoms with Gasteiger partial charge in [-0.1, -0.05) is 0 Å². The molecule has 10 nitrogen and oxygen atoms in total. The minimum atomic E-state index is -5.08. The first-order valence-electron chi connectivity index (χ1n) is 11.2. The van der Waals surface area contributed by atoms with Crippen LogP contribution in [0.5, 0.6) is 0 Å². The molecule has 3 atom stereocenters. The van der Waals surface area contributed by atoms with Crippen molar-refractivity contribution in [1.82, 2.24) is 14.9 Å². The van der Waals surface area contributed by atoms with Gasteiger partial charge in [-0.2, -0.15) is 26.3 Å². The van der Waals surface area contributed by atoms with Gasteiger partial charge in [-0.25, -0.2) is 14.6 Å². The molecule has 1 amide bonds. The number of nitrogens with one attached hydrogen (secondary N) is 1. The Morgan fingerprint density at radius 3 is 2.23 bits per heavy atom. The second kappa shape index (κ2) is 14.2. The fourth-order valence-corrected chi connectivity index (χ4v) is 4.51. The molecule has 0 radical (unpaired) electrons. The van der Waals surface area contributed by atoms with Gasteiger partial charge in [0.05, 0.1) is 24.5 Å². The first kappa shape index (κ1) is 31.9. The lowest BCUT2D eigenvalue weighted by atomic mass is 9.79. The van der Waals surface area contributed by atoms with E-state index in [2.05, 4.69) is 20.2 Å². The maximum Gasteiger partial charge on any atom is 0.490 e. The molecule has 17 heteroatoms. The molecule has 2 aliphatic rings. The Hall–Kier alpha value is -3.31. The Kier molecular flexibility index (Phi) is 11.6. The number of carboxylic acid groups (broad SMARTS) is 2. The molecule has 2 aromatic rings. The van der Waals surface area contributed by atoms with E-state index in [-0.39, 0.29) is 23.8 Å². The van der Waals surface area contributed by atoms with Crippen LogP contribution < -0.4 is 5.32 Å².